The van der Waals surface area contributed by atoms with Gasteiger partial charge in [-0.3, -0.25) is 0 Å². The van der Waals surface area contributed by atoms with E-state index in [2.05, 4.69) is 19.2 Å². The summed E-state index contributed by atoms with van der Waals surface area (Å²) in [5.41, 5.74) is -1.31. The summed E-state index contributed by atoms with van der Waals surface area (Å²) in [6.45, 7) is 17.8. The zero-order chi connectivity index (χ0) is 20.8. The summed E-state index contributed by atoms with van der Waals surface area (Å²) in [5.74, 6) is 0.288. The number of nitrogens with one attached hydrogen (secondary N) is 1. The predicted octanol–water partition coefficient (Wildman–Crippen LogP) is 4.80. The zero-order valence-electron chi connectivity index (χ0n) is 18.3. The first-order valence-electron chi connectivity index (χ1n) is 9.74. The Labute approximate surface area is 163 Å². The minimum Gasteiger partial charge on any atom is -0.444 e. The normalized spacial score (nSPS) is 24.4. The highest BCUT2D eigenvalue weighted by molar-refractivity contribution is 6.53. The van der Waals surface area contributed by atoms with Crippen LogP contribution in [0.5, 0.6) is 0 Å². The molecule has 0 aromatic rings. The molecule has 0 unspecified atom stereocenters. The third-order valence-electron chi connectivity index (χ3n) is 5.98. The molecule has 0 spiro atoms. The van der Waals surface area contributed by atoms with Crippen LogP contribution in [0.25, 0.3) is 0 Å². The predicted molar refractivity (Wildman–Crippen MR) is 105 cm³/mol. The summed E-state index contributed by atoms with van der Waals surface area (Å²) in [7, 11) is -0.922. The van der Waals surface area contributed by atoms with Crippen LogP contribution in [0, 0.1) is 11.3 Å². The van der Waals surface area contributed by atoms with Crippen molar-refractivity contribution < 1.29 is 23.2 Å². The summed E-state index contributed by atoms with van der Waals surface area (Å²) in [4.78, 5) is 11.9. The summed E-state index contributed by atoms with van der Waals surface area (Å²) in [6.07, 6.45) is 0.881. The Bertz CT molecular complexity index is 598. The van der Waals surface area contributed by atoms with E-state index < -0.39 is 30.0 Å². The molecule has 1 saturated carbocycles. The molecule has 1 aliphatic carbocycles. The van der Waals surface area contributed by atoms with Gasteiger partial charge in [-0.1, -0.05) is 13.8 Å². The van der Waals surface area contributed by atoms with Gasteiger partial charge in [0.2, 0.25) is 0 Å². The lowest BCUT2D eigenvalue weighted by Crippen LogP contribution is -2.43. The van der Waals surface area contributed by atoms with Gasteiger partial charge in [0, 0.05) is 6.54 Å². The average Bonchev–Trinajstić information content (AvgIpc) is 2.61. The molecular formula is C20H35BFNO4. The molecule has 2 fully saturated rings. The highest BCUT2D eigenvalue weighted by Crippen LogP contribution is 2.48. The number of carbonyl (C=O) groups excluding carboxylic acids is 1. The minimum absolute atomic E-state index is 0.156. The van der Waals surface area contributed by atoms with Crippen LogP contribution < -0.4 is 5.32 Å². The molecule has 1 saturated heterocycles. The largest absolute Gasteiger partial charge is 0.525 e. The van der Waals surface area contributed by atoms with Gasteiger partial charge in [0.15, 0.2) is 0 Å². The zero-order valence-corrected chi connectivity index (χ0v) is 18.3. The second-order valence-electron chi connectivity index (χ2n) is 10.5. The summed E-state index contributed by atoms with van der Waals surface area (Å²) >= 11 is 0. The first-order chi connectivity index (χ1) is 12.0. The van der Waals surface area contributed by atoms with Crippen LogP contribution in [-0.2, 0) is 14.0 Å². The molecule has 0 aromatic heterocycles. The molecule has 27 heavy (non-hydrogen) atoms. The Balaban J connectivity index is 1.90. The van der Waals surface area contributed by atoms with E-state index in [1.165, 1.54) is 0 Å². The topological polar surface area (TPSA) is 56.8 Å². The molecule has 1 N–H and O–H groups in total. The average molecular weight is 383 g/mol. The standard InChI is InChI=1S/C20H35BFNO4/c1-17(2,3)25-16(24)23-12-18(4,5)14-10-13(11-14)15(22)21-26-19(6,7)20(8,9)27-21/h14H,10-12H2,1-9H3,(H,23,24). The van der Waals surface area contributed by atoms with Crippen molar-refractivity contribution >= 4 is 13.2 Å². The third-order valence-corrected chi connectivity index (χ3v) is 5.98. The van der Waals surface area contributed by atoms with Crippen molar-refractivity contribution in [2.24, 2.45) is 11.3 Å². The minimum atomic E-state index is -0.922. The van der Waals surface area contributed by atoms with Crippen molar-refractivity contribution in [2.45, 2.75) is 92.0 Å². The highest BCUT2D eigenvalue weighted by atomic mass is 19.1. The van der Waals surface area contributed by atoms with E-state index in [4.69, 9.17) is 14.0 Å². The molecule has 1 amide bonds. The van der Waals surface area contributed by atoms with Gasteiger partial charge in [-0.05, 0) is 78.2 Å². The van der Waals surface area contributed by atoms with E-state index in [9.17, 15) is 9.18 Å². The Morgan fingerprint density at radius 3 is 2.07 bits per heavy atom. The molecule has 5 nitrogen and oxygen atoms in total. The lowest BCUT2D eigenvalue weighted by atomic mass is 9.62. The Hall–Kier alpha value is -1.08. The van der Waals surface area contributed by atoms with Gasteiger partial charge in [-0.25, -0.2) is 9.18 Å². The molecule has 7 heteroatoms. The number of allylic oxidation sites excluding steroid dienone is 1. The molecule has 2 rings (SSSR count). The monoisotopic (exact) mass is 383 g/mol. The maximum absolute atomic E-state index is 14.8. The Kier molecular flexibility index (Phi) is 5.82. The van der Waals surface area contributed by atoms with Crippen LogP contribution >= 0.6 is 0 Å². The van der Waals surface area contributed by atoms with Crippen LogP contribution in [0.2, 0.25) is 0 Å². The molecule has 1 aliphatic heterocycles. The van der Waals surface area contributed by atoms with Gasteiger partial charge in [0.1, 0.15) is 11.3 Å². The second-order valence-corrected chi connectivity index (χ2v) is 10.5. The molecule has 0 radical (unpaired) electrons. The van der Waals surface area contributed by atoms with E-state index in [-0.39, 0.29) is 17.1 Å². The number of hydrogen-bond acceptors (Lipinski definition) is 4. The van der Waals surface area contributed by atoms with E-state index in [1.807, 2.05) is 48.5 Å². The van der Waals surface area contributed by atoms with E-state index in [1.54, 1.807) is 0 Å². The fourth-order valence-electron chi connectivity index (χ4n) is 3.15. The molecule has 2 aliphatic rings. The molecule has 0 atom stereocenters. The molecule has 154 valence electrons. The van der Waals surface area contributed by atoms with Gasteiger partial charge in [-0.2, -0.15) is 0 Å². The van der Waals surface area contributed by atoms with Crippen molar-refractivity contribution in [2.75, 3.05) is 6.54 Å². The fourth-order valence-corrected chi connectivity index (χ4v) is 3.15. The van der Waals surface area contributed by atoms with E-state index in [0.29, 0.717) is 19.4 Å². The fraction of sp³-hybridized carbons (Fsp3) is 0.850. The van der Waals surface area contributed by atoms with Crippen LogP contribution in [0.3, 0.4) is 0 Å². The third kappa shape index (κ3) is 5.05. The highest BCUT2D eigenvalue weighted by Gasteiger charge is 2.54. The number of carbonyl (C=O) groups is 1. The van der Waals surface area contributed by atoms with Crippen LogP contribution in [0.15, 0.2) is 11.3 Å². The van der Waals surface area contributed by atoms with Gasteiger partial charge in [0.05, 0.1) is 11.2 Å². The van der Waals surface area contributed by atoms with Crippen molar-refractivity contribution in [3.63, 3.8) is 0 Å². The second kappa shape index (κ2) is 7.07. The van der Waals surface area contributed by atoms with Gasteiger partial charge >= 0.3 is 13.2 Å². The SMILES string of the molecule is CC(C)(C)OC(=O)NCC(C)(C)C1CC(=C(F)B2OC(C)(C)C(C)(C)O2)C1. The number of amides is 1. The van der Waals surface area contributed by atoms with Crippen molar-refractivity contribution in [3.8, 4) is 0 Å². The maximum Gasteiger partial charge on any atom is 0.525 e. The van der Waals surface area contributed by atoms with Crippen LogP contribution in [-0.4, -0.2) is 36.6 Å². The Morgan fingerprint density at radius 2 is 1.63 bits per heavy atom. The molecule has 0 bridgehead atoms. The van der Waals surface area contributed by atoms with Crippen LogP contribution in [0.1, 0.15) is 75.2 Å². The first kappa shape index (κ1) is 22.2. The van der Waals surface area contributed by atoms with E-state index >= 15 is 0 Å². The number of ether oxygens (including phenoxy) is 1. The number of halogens is 1. The maximum atomic E-state index is 14.8. The van der Waals surface area contributed by atoms with Crippen molar-refractivity contribution in [1.82, 2.24) is 5.32 Å². The van der Waals surface area contributed by atoms with Gasteiger partial charge < -0.3 is 19.4 Å². The van der Waals surface area contributed by atoms with Crippen molar-refractivity contribution in [1.29, 1.82) is 0 Å². The molecular weight excluding hydrogens is 348 g/mol. The first-order valence-corrected chi connectivity index (χ1v) is 9.74. The summed E-state index contributed by atoms with van der Waals surface area (Å²) in [5, 5.41) is 2.83. The lowest BCUT2D eigenvalue weighted by molar-refractivity contribution is 0.00578. The molecule has 1 heterocycles. The number of rotatable bonds is 4. The quantitative estimate of drug-likeness (QED) is 0.709. The Morgan fingerprint density at radius 1 is 1.15 bits per heavy atom. The van der Waals surface area contributed by atoms with Crippen LogP contribution in [0.4, 0.5) is 9.18 Å². The van der Waals surface area contributed by atoms with Gasteiger partial charge in [0.25, 0.3) is 0 Å². The number of alkyl carbamates (subject to hydrolysis) is 1. The van der Waals surface area contributed by atoms with E-state index in [0.717, 1.165) is 5.57 Å². The lowest BCUT2D eigenvalue weighted by Gasteiger charge is -2.42. The molecule has 0 aromatic carbocycles. The number of hydrogen-bond donors (Lipinski definition) is 1. The van der Waals surface area contributed by atoms with Gasteiger partial charge in [-0.15, -0.1) is 0 Å². The summed E-state index contributed by atoms with van der Waals surface area (Å²) in [6, 6.07) is 0. The van der Waals surface area contributed by atoms with Crippen molar-refractivity contribution in [3.05, 3.63) is 11.3 Å². The summed E-state index contributed by atoms with van der Waals surface area (Å²) < 4.78 is 31.7. The smallest absolute Gasteiger partial charge is 0.444 e.